The van der Waals surface area contributed by atoms with Crippen molar-refractivity contribution in [3.8, 4) is 5.75 Å². The lowest BCUT2D eigenvalue weighted by Crippen LogP contribution is -2.45. The molecule has 0 spiro atoms. The topological polar surface area (TPSA) is 66.9 Å². The second kappa shape index (κ2) is 7.30. The quantitative estimate of drug-likeness (QED) is 0.524. The molecule has 5 aliphatic rings. The molecule has 0 unspecified atom stereocenters. The molecule has 6 heteroatoms. The first kappa shape index (κ1) is 20.2. The highest BCUT2D eigenvalue weighted by Crippen LogP contribution is 2.65. The molecule has 0 radical (unpaired) electrons. The summed E-state index contributed by atoms with van der Waals surface area (Å²) < 4.78 is 5.53. The van der Waals surface area contributed by atoms with Crippen LogP contribution in [0.3, 0.4) is 0 Å². The number of nitrogens with zero attached hydrogens (tertiary/aromatic N) is 2. The van der Waals surface area contributed by atoms with E-state index in [1.165, 1.54) is 9.80 Å². The van der Waals surface area contributed by atoms with Gasteiger partial charge in [-0.1, -0.05) is 42.5 Å². The van der Waals surface area contributed by atoms with Crippen LogP contribution in [-0.4, -0.2) is 36.4 Å². The Labute approximate surface area is 192 Å². The van der Waals surface area contributed by atoms with Gasteiger partial charge in [0.2, 0.25) is 11.8 Å². The molecular weight excluding hydrogens is 416 g/mol. The van der Waals surface area contributed by atoms with Crippen molar-refractivity contribution in [2.45, 2.75) is 13.3 Å². The van der Waals surface area contributed by atoms with E-state index >= 15 is 0 Å². The van der Waals surface area contributed by atoms with Gasteiger partial charge in [0.15, 0.2) is 0 Å². The SMILES string of the molecule is COc1ccccc1N(CN1C(=O)[C@@H]2[C@@H]3C=C[C@H]([C@H]4C[C@@H]34)[C@@H]2C1=O)C(=O)c1ccccc1C. The number of anilines is 1. The molecule has 1 heterocycles. The van der Waals surface area contributed by atoms with Crippen LogP contribution in [0.5, 0.6) is 5.75 Å². The van der Waals surface area contributed by atoms with Crippen LogP contribution in [0.1, 0.15) is 22.3 Å². The standard InChI is InChI=1S/C27H26N2O4/c1-15-7-3-4-8-16(15)25(30)28(21-9-5-6-10-22(21)33-2)14-29-26(31)23-17-11-12-18(20-13-19(17)20)24(23)27(29)32/h3-12,17-20,23-24H,13-14H2,1-2H3/t17-,18-,19-,20+,23+,24-/m1/s1. The van der Waals surface area contributed by atoms with E-state index in [1.807, 2.05) is 37.3 Å². The number of amides is 3. The van der Waals surface area contributed by atoms with Gasteiger partial charge in [0.05, 0.1) is 24.6 Å². The monoisotopic (exact) mass is 442 g/mol. The van der Waals surface area contributed by atoms with Crippen LogP contribution >= 0.6 is 0 Å². The summed E-state index contributed by atoms with van der Waals surface area (Å²) >= 11 is 0. The van der Waals surface area contributed by atoms with Gasteiger partial charge >= 0.3 is 0 Å². The maximum atomic E-state index is 13.8. The molecule has 2 bridgehead atoms. The third-order valence-corrected chi connectivity index (χ3v) is 8.03. The van der Waals surface area contributed by atoms with E-state index in [-0.39, 0.29) is 48.1 Å². The fourth-order valence-electron chi connectivity index (χ4n) is 6.36. The van der Waals surface area contributed by atoms with Crippen molar-refractivity contribution in [1.29, 1.82) is 0 Å². The van der Waals surface area contributed by atoms with Crippen molar-refractivity contribution >= 4 is 23.4 Å². The van der Waals surface area contributed by atoms with Crippen LogP contribution in [0, 0.1) is 42.4 Å². The first-order valence-corrected chi connectivity index (χ1v) is 11.6. The number of para-hydroxylation sites is 2. The molecule has 4 aliphatic carbocycles. The van der Waals surface area contributed by atoms with Gasteiger partial charge in [0.1, 0.15) is 12.4 Å². The lowest BCUT2D eigenvalue weighted by Gasteiger charge is -2.37. The van der Waals surface area contributed by atoms with Gasteiger partial charge in [-0.05, 0) is 60.8 Å². The van der Waals surface area contributed by atoms with Crippen LogP contribution in [0.15, 0.2) is 60.7 Å². The number of hydrogen-bond donors (Lipinski definition) is 0. The van der Waals surface area contributed by atoms with Gasteiger partial charge in [0.25, 0.3) is 5.91 Å². The molecule has 2 aromatic carbocycles. The van der Waals surface area contributed by atoms with E-state index in [0.717, 1.165) is 12.0 Å². The largest absolute Gasteiger partial charge is 0.495 e. The zero-order chi connectivity index (χ0) is 22.9. The molecule has 7 rings (SSSR count). The summed E-state index contributed by atoms with van der Waals surface area (Å²) in [7, 11) is 1.55. The predicted molar refractivity (Wildman–Crippen MR) is 122 cm³/mol. The third kappa shape index (κ3) is 2.89. The maximum Gasteiger partial charge on any atom is 0.260 e. The number of allylic oxidation sites excluding steroid dienone is 2. The Balaban J connectivity index is 1.38. The zero-order valence-corrected chi connectivity index (χ0v) is 18.7. The number of carbonyl (C=O) groups is 3. The maximum absolute atomic E-state index is 13.8. The molecule has 6 nitrogen and oxygen atoms in total. The number of aryl methyl sites for hydroxylation is 1. The van der Waals surface area contributed by atoms with Crippen molar-refractivity contribution in [2.75, 3.05) is 18.7 Å². The number of hydrogen-bond acceptors (Lipinski definition) is 4. The van der Waals surface area contributed by atoms with Crippen molar-refractivity contribution < 1.29 is 19.1 Å². The van der Waals surface area contributed by atoms with Crippen molar-refractivity contribution in [3.63, 3.8) is 0 Å². The van der Waals surface area contributed by atoms with E-state index < -0.39 is 0 Å². The van der Waals surface area contributed by atoms with Crippen molar-refractivity contribution in [3.05, 3.63) is 71.8 Å². The van der Waals surface area contributed by atoms with E-state index in [1.54, 1.807) is 25.3 Å². The number of likely N-dealkylation sites (tertiary alicyclic amines) is 1. The molecule has 6 atom stereocenters. The number of carbonyl (C=O) groups excluding carboxylic acids is 3. The molecule has 2 saturated carbocycles. The number of rotatable bonds is 5. The van der Waals surface area contributed by atoms with E-state index in [2.05, 4.69) is 12.2 Å². The average Bonchev–Trinajstić information content (AvgIpc) is 3.62. The molecule has 168 valence electrons. The molecular formula is C27H26N2O4. The van der Waals surface area contributed by atoms with Gasteiger partial charge in [0, 0.05) is 5.56 Å². The fraction of sp³-hybridized carbons (Fsp3) is 0.370. The van der Waals surface area contributed by atoms with Crippen LogP contribution in [0.25, 0.3) is 0 Å². The predicted octanol–water partition coefficient (Wildman–Crippen LogP) is 3.66. The average molecular weight is 443 g/mol. The highest BCUT2D eigenvalue weighted by molar-refractivity contribution is 6.10. The Morgan fingerprint density at radius 1 is 0.970 bits per heavy atom. The minimum absolute atomic E-state index is 0.118. The highest BCUT2D eigenvalue weighted by Gasteiger charge is 2.67. The first-order valence-electron chi connectivity index (χ1n) is 11.6. The lowest BCUT2D eigenvalue weighted by molar-refractivity contribution is -0.140. The van der Waals surface area contributed by atoms with Crippen molar-refractivity contribution in [1.82, 2.24) is 4.90 Å². The summed E-state index contributed by atoms with van der Waals surface area (Å²) in [4.78, 5) is 43.7. The van der Waals surface area contributed by atoms with Gasteiger partial charge in [-0.15, -0.1) is 0 Å². The van der Waals surface area contributed by atoms with Gasteiger partial charge < -0.3 is 4.74 Å². The molecule has 1 saturated heterocycles. The molecule has 2 aromatic rings. The summed E-state index contributed by atoms with van der Waals surface area (Å²) in [6.45, 7) is 1.76. The van der Waals surface area contributed by atoms with Gasteiger partial charge in [-0.2, -0.15) is 0 Å². The van der Waals surface area contributed by atoms with Gasteiger partial charge in [-0.3, -0.25) is 24.2 Å². The Morgan fingerprint density at radius 2 is 1.58 bits per heavy atom. The summed E-state index contributed by atoms with van der Waals surface area (Å²) in [5.41, 5.74) is 1.90. The second-order valence-electron chi connectivity index (χ2n) is 9.62. The summed E-state index contributed by atoms with van der Waals surface area (Å²) in [6, 6.07) is 14.6. The number of ether oxygens (including phenoxy) is 1. The normalized spacial score (nSPS) is 30.8. The van der Waals surface area contributed by atoms with Crippen molar-refractivity contribution in [2.24, 2.45) is 35.5 Å². The summed E-state index contributed by atoms with van der Waals surface area (Å²) in [5.74, 6) is 0.758. The summed E-state index contributed by atoms with van der Waals surface area (Å²) in [5, 5.41) is 0. The van der Waals surface area contributed by atoms with Gasteiger partial charge in [-0.25, -0.2) is 0 Å². The van der Waals surface area contributed by atoms with Crippen LogP contribution in [0.4, 0.5) is 5.69 Å². The van der Waals surface area contributed by atoms with Crippen LogP contribution < -0.4 is 9.64 Å². The molecule has 3 fully saturated rings. The Hall–Kier alpha value is -3.41. The molecule has 0 aromatic heterocycles. The number of imide groups is 1. The third-order valence-electron chi connectivity index (χ3n) is 8.03. The minimum Gasteiger partial charge on any atom is -0.495 e. The lowest BCUT2D eigenvalue weighted by atomic mass is 9.63. The molecule has 1 aliphatic heterocycles. The number of benzene rings is 2. The smallest absolute Gasteiger partial charge is 0.260 e. The molecule has 0 N–H and O–H groups in total. The van der Waals surface area contributed by atoms with Crippen LogP contribution in [-0.2, 0) is 9.59 Å². The minimum atomic E-state index is -0.288. The highest BCUT2D eigenvalue weighted by atomic mass is 16.5. The first-order chi connectivity index (χ1) is 16.0. The Kier molecular flexibility index (Phi) is 4.47. The number of methoxy groups -OCH3 is 1. The molecule has 3 amide bonds. The van der Waals surface area contributed by atoms with E-state index in [9.17, 15) is 14.4 Å². The Bertz CT molecular complexity index is 1170. The zero-order valence-electron chi connectivity index (χ0n) is 18.7. The summed E-state index contributed by atoms with van der Waals surface area (Å²) in [6.07, 6.45) is 5.44. The molecule has 33 heavy (non-hydrogen) atoms. The second-order valence-corrected chi connectivity index (χ2v) is 9.62. The van der Waals surface area contributed by atoms with E-state index in [4.69, 9.17) is 4.74 Å². The van der Waals surface area contributed by atoms with E-state index in [0.29, 0.717) is 28.8 Å². The fourth-order valence-corrected chi connectivity index (χ4v) is 6.36. The Morgan fingerprint density at radius 3 is 2.21 bits per heavy atom. The van der Waals surface area contributed by atoms with Crippen LogP contribution in [0.2, 0.25) is 0 Å².